The van der Waals surface area contributed by atoms with E-state index in [0.29, 0.717) is 12.8 Å². The lowest BCUT2D eigenvalue weighted by atomic mass is 10.1. The molecule has 0 saturated carbocycles. The van der Waals surface area contributed by atoms with Crippen molar-refractivity contribution in [2.75, 3.05) is 5.32 Å². The lowest BCUT2D eigenvalue weighted by Crippen LogP contribution is -2.12. The van der Waals surface area contributed by atoms with E-state index in [0.717, 1.165) is 34.0 Å². The number of nitrogens with one attached hydrogen (secondary N) is 1. The van der Waals surface area contributed by atoms with Crippen LogP contribution < -0.4 is 5.32 Å². The van der Waals surface area contributed by atoms with Crippen LogP contribution in [0.1, 0.15) is 29.4 Å². The fourth-order valence-electron chi connectivity index (χ4n) is 3.48. The molecule has 2 aliphatic rings. The van der Waals surface area contributed by atoms with Crippen molar-refractivity contribution in [2.24, 2.45) is 0 Å². The normalized spacial score (nSPS) is 19.7. The number of aromatic hydroxyl groups is 1. The first-order valence-corrected chi connectivity index (χ1v) is 8.85. The van der Waals surface area contributed by atoms with Crippen LogP contribution in [0.15, 0.2) is 48.5 Å². The molecule has 1 aromatic heterocycles. The zero-order chi connectivity index (χ0) is 17.7. The number of fused-ring (bicyclic) bond motifs is 3. The highest BCUT2D eigenvalue weighted by molar-refractivity contribution is 5.74. The maximum Gasteiger partial charge on any atom is 0.155 e. The fourth-order valence-corrected chi connectivity index (χ4v) is 3.48. The van der Waals surface area contributed by atoms with E-state index in [2.05, 4.69) is 17.4 Å². The molecule has 0 spiro atoms. The number of phenolic OH excluding ortho intramolecular Hbond substituents is 1. The highest BCUT2D eigenvalue weighted by atomic mass is 16.6. The predicted molar refractivity (Wildman–Crippen MR) is 99.1 cm³/mol. The lowest BCUT2D eigenvalue weighted by molar-refractivity contribution is 0.391. The summed E-state index contributed by atoms with van der Waals surface area (Å²) in [5, 5.41) is 13.1. The van der Waals surface area contributed by atoms with Crippen molar-refractivity contribution >= 4 is 5.82 Å². The van der Waals surface area contributed by atoms with Crippen molar-refractivity contribution in [2.45, 2.75) is 32.1 Å². The molecule has 2 unspecified atom stereocenters. The number of benzene rings is 2. The van der Waals surface area contributed by atoms with Gasteiger partial charge in [0.1, 0.15) is 11.9 Å². The summed E-state index contributed by atoms with van der Waals surface area (Å²) < 4.78 is 5.51. The number of hydrogen-bond donors (Lipinski definition) is 2. The molecule has 3 aromatic rings. The molecule has 2 atom stereocenters. The van der Waals surface area contributed by atoms with Crippen LogP contribution in [0.5, 0.6) is 5.75 Å². The second kappa shape index (κ2) is 5.81. The Morgan fingerprint density at radius 3 is 2.73 bits per heavy atom. The van der Waals surface area contributed by atoms with E-state index in [1.807, 2.05) is 31.2 Å². The Morgan fingerprint density at radius 1 is 1.15 bits per heavy atom. The Balaban J connectivity index is 1.57. The third kappa shape index (κ3) is 2.70. The average Bonchev–Trinajstić information content (AvgIpc) is 3.21. The van der Waals surface area contributed by atoms with Crippen LogP contribution in [0.25, 0.3) is 11.3 Å². The fraction of sp³-hybridized carbons (Fsp3) is 0.238. The molecule has 1 saturated heterocycles. The Labute approximate surface area is 151 Å². The number of ether oxygens (including phenoxy) is 1. The van der Waals surface area contributed by atoms with Gasteiger partial charge in [-0.1, -0.05) is 30.3 Å². The van der Waals surface area contributed by atoms with Gasteiger partial charge >= 0.3 is 0 Å². The smallest absolute Gasteiger partial charge is 0.155 e. The van der Waals surface area contributed by atoms with Crippen LogP contribution in [0.3, 0.4) is 0 Å². The summed E-state index contributed by atoms with van der Waals surface area (Å²) >= 11 is 0. The summed E-state index contributed by atoms with van der Waals surface area (Å²) in [5.41, 5.74) is 6.09. The average molecular weight is 345 g/mol. The van der Waals surface area contributed by atoms with Gasteiger partial charge in [0.05, 0.1) is 17.1 Å². The van der Waals surface area contributed by atoms with Crippen molar-refractivity contribution in [1.82, 2.24) is 9.97 Å². The second-order valence-electron chi connectivity index (χ2n) is 6.90. The summed E-state index contributed by atoms with van der Waals surface area (Å²) in [7, 11) is 0. The van der Waals surface area contributed by atoms with E-state index in [1.54, 1.807) is 12.1 Å². The molecule has 1 aliphatic heterocycles. The van der Waals surface area contributed by atoms with E-state index in [9.17, 15) is 5.11 Å². The molecule has 26 heavy (non-hydrogen) atoms. The molecule has 1 fully saturated rings. The first kappa shape index (κ1) is 15.3. The summed E-state index contributed by atoms with van der Waals surface area (Å²) in [6.07, 6.45) is 1.60. The molecule has 1 aliphatic carbocycles. The Bertz CT molecular complexity index is 988. The monoisotopic (exact) mass is 345 g/mol. The van der Waals surface area contributed by atoms with Gasteiger partial charge in [-0.25, -0.2) is 9.97 Å². The maximum atomic E-state index is 9.77. The molecular formula is C21H19N3O2. The van der Waals surface area contributed by atoms with Crippen molar-refractivity contribution in [3.05, 3.63) is 71.0 Å². The van der Waals surface area contributed by atoms with Crippen LogP contribution in [0.4, 0.5) is 5.82 Å². The van der Waals surface area contributed by atoms with E-state index < -0.39 is 0 Å². The molecular weight excluding hydrogens is 326 g/mol. The van der Waals surface area contributed by atoms with Gasteiger partial charge in [0.15, 0.2) is 12.0 Å². The standard InChI is InChI=1S/C21H19N3O2/c1-12-21(26-12)24-20-18(9-13-5-3-2-4-6-13)22-19-16-8-7-15(25)10-14(16)11-17(19)23-20/h2-8,10,12,21,25H,9,11H2,1H3,(H,23,24). The summed E-state index contributed by atoms with van der Waals surface area (Å²) in [4.78, 5) is 9.84. The van der Waals surface area contributed by atoms with E-state index >= 15 is 0 Å². The molecule has 5 nitrogen and oxygen atoms in total. The van der Waals surface area contributed by atoms with Crippen LogP contribution >= 0.6 is 0 Å². The number of hydrogen-bond acceptors (Lipinski definition) is 5. The van der Waals surface area contributed by atoms with Gasteiger partial charge in [0.25, 0.3) is 0 Å². The van der Waals surface area contributed by atoms with Crippen LogP contribution in [0, 0.1) is 0 Å². The Hall–Kier alpha value is -2.92. The zero-order valence-corrected chi connectivity index (χ0v) is 14.4. The Morgan fingerprint density at radius 2 is 1.96 bits per heavy atom. The molecule has 130 valence electrons. The number of epoxide rings is 1. The molecule has 0 amide bonds. The Kier molecular flexibility index (Phi) is 3.43. The SMILES string of the molecule is CC1OC1Nc1nc2c(nc1Cc1ccccc1)-c1ccc(O)cc1C2. The van der Waals surface area contributed by atoms with E-state index in [4.69, 9.17) is 14.7 Å². The molecule has 2 aromatic carbocycles. The number of nitrogens with zero attached hydrogens (tertiary/aromatic N) is 2. The minimum atomic E-state index is 0.00435. The van der Waals surface area contributed by atoms with Gasteiger partial charge < -0.3 is 15.2 Å². The highest BCUT2D eigenvalue weighted by Gasteiger charge is 2.35. The number of rotatable bonds is 4. The molecule has 2 heterocycles. The van der Waals surface area contributed by atoms with Crippen molar-refractivity contribution in [3.8, 4) is 17.0 Å². The highest BCUT2D eigenvalue weighted by Crippen LogP contribution is 2.38. The van der Waals surface area contributed by atoms with Gasteiger partial charge in [-0.05, 0) is 36.2 Å². The van der Waals surface area contributed by atoms with Crippen molar-refractivity contribution < 1.29 is 9.84 Å². The van der Waals surface area contributed by atoms with E-state index in [-0.39, 0.29) is 18.1 Å². The van der Waals surface area contributed by atoms with Crippen LogP contribution in [-0.4, -0.2) is 27.4 Å². The number of anilines is 1. The van der Waals surface area contributed by atoms with Gasteiger partial charge in [0, 0.05) is 18.4 Å². The van der Waals surface area contributed by atoms with Crippen molar-refractivity contribution in [3.63, 3.8) is 0 Å². The zero-order valence-electron chi connectivity index (χ0n) is 14.4. The summed E-state index contributed by atoms with van der Waals surface area (Å²) in [6.45, 7) is 2.04. The molecule has 0 bridgehead atoms. The first-order chi connectivity index (χ1) is 12.7. The maximum absolute atomic E-state index is 9.77. The number of aromatic nitrogens is 2. The summed E-state index contributed by atoms with van der Waals surface area (Å²) in [5.74, 6) is 1.07. The molecule has 2 N–H and O–H groups in total. The third-order valence-electron chi connectivity index (χ3n) is 4.95. The topological polar surface area (TPSA) is 70.6 Å². The third-order valence-corrected chi connectivity index (χ3v) is 4.95. The predicted octanol–water partition coefficient (Wildman–Crippen LogP) is 3.50. The molecule has 5 rings (SSSR count). The lowest BCUT2D eigenvalue weighted by Gasteiger charge is -2.12. The quantitative estimate of drug-likeness (QED) is 0.554. The minimum Gasteiger partial charge on any atom is -0.508 e. The molecule has 0 radical (unpaired) electrons. The van der Waals surface area contributed by atoms with Crippen LogP contribution in [0.2, 0.25) is 0 Å². The first-order valence-electron chi connectivity index (χ1n) is 8.85. The van der Waals surface area contributed by atoms with Gasteiger partial charge in [-0.15, -0.1) is 0 Å². The van der Waals surface area contributed by atoms with Crippen LogP contribution in [-0.2, 0) is 17.6 Å². The number of phenols is 1. The second-order valence-corrected chi connectivity index (χ2v) is 6.90. The van der Waals surface area contributed by atoms with Gasteiger partial charge in [-0.2, -0.15) is 0 Å². The summed E-state index contributed by atoms with van der Waals surface area (Å²) in [6, 6.07) is 15.7. The van der Waals surface area contributed by atoms with E-state index in [1.165, 1.54) is 5.56 Å². The van der Waals surface area contributed by atoms with Gasteiger partial charge in [0.2, 0.25) is 0 Å². The largest absolute Gasteiger partial charge is 0.508 e. The van der Waals surface area contributed by atoms with Crippen molar-refractivity contribution in [1.29, 1.82) is 0 Å². The van der Waals surface area contributed by atoms with Gasteiger partial charge in [-0.3, -0.25) is 0 Å². The molecule has 5 heteroatoms. The minimum absolute atomic E-state index is 0.00435.